The topological polar surface area (TPSA) is 56.4 Å². The largest absolute Gasteiger partial charge is 0.357 e. The number of para-hydroxylation sites is 1. The van der Waals surface area contributed by atoms with Crippen LogP contribution in [0.15, 0.2) is 24.3 Å². The van der Waals surface area contributed by atoms with Crippen molar-refractivity contribution in [2.24, 2.45) is 0 Å². The number of hydrogen-bond acceptors (Lipinski definition) is 2. The van der Waals surface area contributed by atoms with Crippen LogP contribution in [0.2, 0.25) is 0 Å². The van der Waals surface area contributed by atoms with E-state index in [0.29, 0.717) is 6.54 Å². The molecule has 1 N–H and O–H groups in total. The van der Waals surface area contributed by atoms with Gasteiger partial charge in [-0.2, -0.15) is 17.0 Å². The average molecular weight is 362 g/mol. The Morgan fingerprint density at radius 3 is 2.64 bits per heavy atom. The van der Waals surface area contributed by atoms with Gasteiger partial charge in [-0.15, -0.1) is 0 Å². The molecule has 2 aromatic rings. The molecule has 2 aliphatic rings. The molecule has 5 nitrogen and oxygen atoms in total. The summed E-state index contributed by atoms with van der Waals surface area (Å²) < 4.78 is 29.8. The Morgan fingerprint density at radius 2 is 1.88 bits per heavy atom. The third kappa shape index (κ3) is 2.80. The van der Waals surface area contributed by atoms with Gasteiger partial charge in [0, 0.05) is 36.2 Å². The highest BCUT2D eigenvalue weighted by Crippen LogP contribution is 2.37. The first kappa shape index (κ1) is 17.1. The molecule has 1 aliphatic heterocycles. The smallest absolute Gasteiger partial charge is 0.282 e. The second-order valence-electron chi connectivity index (χ2n) is 7.42. The van der Waals surface area contributed by atoms with Crippen molar-refractivity contribution in [2.75, 3.05) is 13.6 Å². The van der Waals surface area contributed by atoms with E-state index in [0.717, 1.165) is 43.3 Å². The highest BCUT2D eigenvalue weighted by atomic mass is 32.2. The molecule has 1 fully saturated rings. The van der Waals surface area contributed by atoms with E-state index >= 15 is 0 Å². The van der Waals surface area contributed by atoms with Crippen molar-refractivity contribution in [3.63, 3.8) is 0 Å². The van der Waals surface area contributed by atoms with Crippen LogP contribution in [0, 0.1) is 0 Å². The van der Waals surface area contributed by atoms with E-state index in [1.54, 1.807) is 15.7 Å². The van der Waals surface area contributed by atoms with Crippen LogP contribution < -0.4 is 0 Å². The maximum atomic E-state index is 13.3. The number of fused-ring (bicyclic) bond motifs is 3. The molecule has 1 atom stereocenters. The minimum absolute atomic E-state index is 0.148. The van der Waals surface area contributed by atoms with Crippen molar-refractivity contribution >= 4 is 21.1 Å². The number of H-pyrrole nitrogens is 1. The minimum atomic E-state index is -3.44. The highest BCUT2D eigenvalue weighted by molar-refractivity contribution is 7.86. The van der Waals surface area contributed by atoms with Gasteiger partial charge in [0.05, 0.1) is 6.04 Å². The fourth-order valence-corrected chi connectivity index (χ4v) is 6.27. The molecule has 1 aromatic heterocycles. The molecular weight excluding hydrogens is 334 g/mol. The molecule has 6 heteroatoms. The highest BCUT2D eigenvalue weighted by Gasteiger charge is 2.39. The Hall–Kier alpha value is -1.37. The van der Waals surface area contributed by atoms with Gasteiger partial charge in [-0.05, 0) is 37.8 Å². The molecule has 136 valence electrons. The van der Waals surface area contributed by atoms with E-state index in [4.69, 9.17) is 0 Å². The summed E-state index contributed by atoms with van der Waals surface area (Å²) in [5.74, 6) is 0. The molecular formula is C19H27N3O2S. The SMILES string of the molecule is C[C@H]1c2[nH]c3ccccc3c2CCN1S(=O)(=O)N(C)C1CCCCC1. The third-order valence-electron chi connectivity index (χ3n) is 6.03. The van der Waals surface area contributed by atoms with Crippen LogP contribution in [0.4, 0.5) is 0 Å². The number of nitrogens with one attached hydrogen (secondary N) is 1. The normalized spacial score (nSPS) is 23.2. The second kappa shape index (κ2) is 6.41. The van der Waals surface area contributed by atoms with E-state index in [2.05, 4.69) is 17.1 Å². The Bertz CT molecular complexity index is 868. The summed E-state index contributed by atoms with van der Waals surface area (Å²) in [4.78, 5) is 3.46. The lowest BCUT2D eigenvalue weighted by Crippen LogP contribution is -2.49. The van der Waals surface area contributed by atoms with Gasteiger partial charge in [-0.1, -0.05) is 37.5 Å². The first-order valence-electron chi connectivity index (χ1n) is 9.34. The molecule has 0 radical (unpaired) electrons. The van der Waals surface area contributed by atoms with E-state index in [1.807, 2.05) is 19.1 Å². The minimum Gasteiger partial charge on any atom is -0.357 e. The molecule has 4 rings (SSSR count). The fourth-order valence-electron chi connectivity index (χ4n) is 4.52. The van der Waals surface area contributed by atoms with Crippen molar-refractivity contribution in [2.45, 2.75) is 57.5 Å². The first-order valence-corrected chi connectivity index (χ1v) is 10.7. The molecule has 0 unspecified atom stereocenters. The number of nitrogens with zero attached hydrogens (tertiary/aromatic N) is 2. The molecule has 0 amide bonds. The van der Waals surface area contributed by atoms with Crippen LogP contribution in [-0.2, 0) is 16.6 Å². The predicted molar refractivity (Wildman–Crippen MR) is 101 cm³/mol. The molecule has 1 saturated carbocycles. The number of benzene rings is 1. The van der Waals surface area contributed by atoms with Gasteiger partial charge in [0.15, 0.2) is 0 Å². The van der Waals surface area contributed by atoms with Gasteiger partial charge in [0.1, 0.15) is 0 Å². The van der Waals surface area contributed by atoms with E-state index in [-0.39, 0.29) is 12.1 Å². The quantitative estimate of drug-likeness (QED) is 0.908. The summed E-state index contributed by atoms with van der Waals surface area (Å²) in [5.41, 5.74) is 3.42. The Labute approximate surface area is 150 Å². The summed E-state index contributed by atoms with van der Waals surface area (Å²) in [6.45, 7) is 2.55. The second-order valence-corrected chi connectivity index (χ2v) is 9.36. The van der Waals surface area contributed by atoms with Crippen LogP contribution in [0.1, 0.15) is 56.3 Å². The van der Waals surface area contributed by atoms with E-state index < -0.39 is 10.2 Å². The van der Waals surface area contributed by atoms with Crippen molar-refractivity contribution in [1.29, 1.82) is 0 Å². The number of aromatic nitrogens is 1. The molecule has 1 aliphatic carbocycles. The molecule has 0 spiro atoms. The standard InChI is InChI=1S/C19H27N3O2S/c1-14-19-17(16-10-6-7-11-18(16)20-19)12-13-22(14)25(23,24)21(2)15-8-4-3-5-9-15/h6-7,10-11,14-15,20H,3-5,8-9,12-13H2,1-2H3/t14-/m0/s1. The average Bonchev–Trinajstić information content (AvgIpc) is 3.02. The monoisotopic (exact) mass is 361 g/mol. The lowest BCUT2D eigenvalue weighted by atomic mass is 9.96. The van der Waals surface area contributed by atoms with Gasteiger partial charge in [-0.25, -0.2) is 0 Å². The summed E-state index contributed by atoms with van der Waals surface area (Å²) in [6, 6.07) is 8.23. The Kier molecular flexibility index (Phi) is 4.38. The Morgan fingerprint density at radius 1 is 1.16 bits per heavy atom. The number of hydrogen-bond donors (Lipinski definition) is 1. The van der Waals surface area contributed by atoms with Crippen LogP contribution in [0.3, 0.4) is 0 Å². The number of aromatic amines is 1. The fraction of sp³-hybridized carbons (Fsp3) is 0.579. The van der Waals surface area contributed by atoms with Crippen molar-refractivity contribution in [1.82, 2.24) is 13.6 Å². The number of rotatable bonds is 3. The predicted octanol–water partition coefficient (Wildman–Crippen LogP) is 3.60. The van der Waals surface area contributed by atoms with E-state index in [1.165, 1.54) is 17.4 Å². The van der Waals surface area contributed by atoms with Crippen molar-refractivity contribution in [3.05, 3.63) is 35.5 Å². The maximum absolute atomic E-state index is 13.3. The van der Waals surface area contributed by atoms with Crippen LogP contribution in [0.25, 0.3) is 10.9 Å². The van der Waals surface area contributed by atoms with E-state index in [9.17, 15) is 8.42 Å². The van der Waals surface area contributed by atoms with Gasteiger partial charge in [-0.3, -0.25) is 0 Å². The molecule has 25 heavy (non-hydrogen) atoms. The zero-order valence-corrected chi connectivity index (χ0v) is 15.8. The van der Waals surface area contributed by atoms with Gasteiger partial charge in [0.2, 0.25) is 0 Å². The van der Waals surface area contributed by atoms with Crippen LogP contribution in [0.5, 0.6) is 0 Å². The summed E-state index contributed by atoms with van der Waals surface area (Å²) >= 11 is 0. The van der Waals surface area contributed by atoms with Crippen molar-refractivity contribution < 1.29 is 8.42 Å². The Balaban J connectivity index is 1.65. The molecule has 0 saturated heterocycles. The van der Waals surface area contributed by atoms with Crippen LogP contribution in [-0.4, -0.2) is 41.6 Å². The summed E-state index contributed by atoms with van der Waals surface area (Å²) in [5, 5.41) is 1.22. The lowest BCUT2D eigenvalue weighted by molar-refractivity contribution is 0.242. The van der Waals surface area contributed by atoms with Gasteiger partial charge < -0.3 is 4.98 Å². The van der Waals surface area contributed by atoms with Crippen LogP contribution >= 0.6 is 0 Å². The van der Waals surface area contributed by atoms with Gasteiger partial charge >= 0.3 is 0 Å². The summed E-state index contributed by atoms with van der Waals surface area (Å²) in [6.07, 6.45) is 6.22. The summed E-state index contributed by atoms with van der Waals surface area (Å²) in [7, 11) is -1.68. The first-order chi connectivity index (χ1) is 12.0. The molecule has 1 aromatic carbocycles. The molecule has 0 bridgehead atoms. The molecule has 2 heterocycles. The van der Waals surface area contributed by atoms with Gasteiger partial charge in [0.25, 0.3) is 10.2 Å². The zero-order valence-electron chi connectivity index (χ0n) is 15.0. The lowest BCUT2D eigenvalue weighted by Gasteiger charge is -2.38. The third-order valence-corrected chi connectivity index (χ3v) is 8.15. The zero-order chi connectivity index (χ0) is 17.6. The van der Waals surface area contributed by atoms with Crippen molar-refractivity contribution in [3.8, 4) is 0 Å². The maximum Gasteiger partial charge on any atom is 0.282 e.